The van der Waals surface area contributed by atoms with Gasteiger partial charge in [-0.3, -0.25) is 9.55 Å². The van der Waals surface area contributed by atoms with Crippen LogP contribution in [0.1, 0.15) is 19.8 Å². The highest BCUT2D eigenvalue weighted by atomic mass is 32.2. The lowest BCUT2D eigenvalue weighted by Crippen LogP contribution is -2.09. The van der Waals surface area contributed by atoms with Gasteiger partial charge in [-0.15, -0.1) is 10.2 Å². The molecule has 3 heterocycles. The number of ether oxygens (including phenoxy) is 2. The standard InChI is InChI=1S/C20H22N4O2S/c1-2-25-18-10-4-3-9-17(18)24-19(15-7-5-11-21-13-15)22-23-20(24)27-14-16-8-6-12-26-16/h3-5,7,9-11,13,16H,2,6,8,12,14H2,1H3. The summed E-state index contributed by atoms with van der Waals surface area (Å²) in [5.41, 5.74) is 1.85. The summed E-state index contributed by atoms with van der Waals surface area (Å²) in [6.45, 7) is 3.43. The minimum absolute atomic E-state index is 0.282. The number of rotatable bonds is 7. The van der Waals surface area contributed by atoms with Crippen molar-refractivity contribution in [1.29, 1.82) is 0 Å². The molecule has 1 unspecified atom stereocenters. The number of thioether (sulfide) groups is 1. The maximum Gasteiger partial charge on any atom is 0.196 e. The van der Waals surface area contributed by atoms with Crippen LogP contribution < -0.4 is 4.74 Å². The average molecular weight is 382 g/mol. The third kappa shape index (κ3) is 3.99. The van der Waals surface area contributed by atoms with E-state index in [1.807, 2.05) is 43.3 Å². The molecule has 0 spiro atoms. The van der Waals surface area contributed by atoms with Gasteiger partial charge in [0.1, 0.15) is 5.75 Å². The summed E-state index contributed by atoms with van der Waals surface area (Å²) in [5, 5.41) is 9.76. The van der Waals surface area contributed by atoms with Crippen LogP contribution in [-0.4, -0.2) is 44.8 Å². The molecule has 6 nitrogen and oxygen atoms in total. The predicted molar refractivity (Wildman–Crippen MR) is 105 cm³/mol. The second kappa shape index (κ2) is 8.54. The van der Waals surface area contributed by atoms with Crippen LogP contribution in [0.15, 0.2) is 53.9 Å². The maximum atomic E-state index is 5.86. The summed E-state index contributed by atoms with van der Waals surface area (Å²) in [6.07, 6.45) is 6.08. The monoisotopic (exact) mass is 382 g/mol. The molecule has 1 aromatic carbocycles. The van der Waals surface area contributed by atoms with E-state index in [9.17, 15) is 0 Å². The molecule has 2 aromatic heterocycles. The maximum absolute atomic E-state index is 5.86. The minimum atomic E-state index is 0.282. The zero-order valence-corrected chi connectivity index (χ0v) is 16.1. The van der Waals surface area contributed by atoms with Gasteiger partial charge in [0.15, 0.2) is 11.0 Å². The number of nitrogens with zero attached hydrogens (tertiary/aromatic N) is 4. The second-order valence-corrected chi connectivity index (χ2v) is 7.22. The fourth-order valence-corrected chi connectivity index (χ4v) is 4.14. The van der Waals surface area contributed by atoms with Crippen molar-refractivity contribution in [3.8, 4) is 22.8 Å². The van der Waals surface area contributed by atoms with Crippen LogP contribution in [0.25, 0.3) is 17.1 Å². The fourth-order valence-electron chi connectivity index (χ4n) is 3.13. The smallest absolute Gasteiger partial charge is 0.196 e. The molecule has 0 saturated carbocycles. The van der Waals surface area contributed by atoms with Crippen molar-refractivity contribution in [2.75, 3.05) is 19.0 Å². The van der Waals surface area contributed by atoms with Crippen molar-refractivity contribution < 1.29 is 9.47 Å². The van der Waals surface area contributed by atoms with Crippen molar-refractivity contribution in [3.63, 3.8) is 0 Å². The van der Waals surface area contributed by atoms with Crippen LogP contribution in [0, 0.1) is 0 Å². The van der Waals surface area contributed by atoms with Gasteiger partial charge in [0, 0.05) is 30.3 Å². The van der Waals surface area contributed by atoms with Crippen molar-refractivity contribution in [2.24, 2.45) is 0 Å². The first-order chi connectivity index (χ1) is 13.4. The van der Waals surface area contributed by atoms with Crippen LogP contribution >= 0.6 is 11.8 Å². The van der Waals surface area contributed by atoms with Gasteiger partial charge in [-0.1, -0.05) is 23.9 Å². The molecule has 3 aromatic rings. The topological polar surface area (TPSA) is 62.1 Å². The molecule has 0 radical (unpaired) electrons. The zero-order valence-electron chi connectivity index (χ0n) is 15.2. The van der Waals surface area contributed by atoms with Crippen LogP contribution in [0.4, 0.5) is 0 Å². The fraction of sp³-hybridized carbons (Fsp3) is 0.350. The number of pyridine rings is 1. The van der Waals surface area contributed by atoms with Crippen LogP contribution in [0.3, 0.4) is 0 Å². The Morgan fingerprint density at radius 1 is 1.22 bits per heavy atom. The van der Waals surface area contributed by atoms with Crippen molar-refractivity contribution >= 4 is 11.8 Å². The van der Waals surface area contributed by atoms with Crippen molar-refractivity contribution in [1.82, 2.24) is 19.7 Å². The molecule has 7 heteroatoms. The molecule has 1 atom stereocenters. The molecule has 0 amide bonds. The van der Waals surface area contributed by atoms with E-state index < -0.39 is 0 Å². The highest BCUT2D eigenvalue weighted by Crippen LogP contribution is 2.33. The largest absolute Gasteiger partial charge is 0.492 e. The Hall–Kier alpha value is -2.38. The van der Waals surface area contributed by atoms with Crippen LogP contribution in [0.5, 0.6) is 5.75 Å². The van der Waals surface area contributed by atoms with E-state index in [1.54, 1.807) is 24.2 Å². The van der Waals surface area contributed by atoms with E-state index in [4.69, 9.17) is 9.47 Å². The van der Waals surface area contributed by atoms with E-state index >= 15 is 0 Å². The summed E-state index contributed by atoms with van der Waals surface area (Å²) in [7, 11) is 0. The third-order valence-corrected chi connectivity index (χ3v) is 5.44. The molecule has 27 heavy (non-hydrogen) atoms. The second-order valence-electron chi connectivity index (χ2n) is 6.23. The quantitative estimate of drug-likeness (QED) is 0.576. The molecular formula is C20H22N4O2S. The van der Waals surface area contributed by atoms with Gasteiger partial charge in [-0.2, -0.15) is 0 Å². The van der Waals surface area contributed by atoms with Crippen LogP contribution in [0.2, 0.25) is 0 Å². The highest BCUT2D eigenvalue weighted by molar-refractivity contribution is 7.99. The zero-order chi connectivity index (χ0) is 18.5. The summed E-state index contributed by atoms with van der Waals surface area (Å²) in [5.74, 6) is 2.43. The SMILES string of the molecule is CCOc1ccccc1-n1c(SCC2CCCO2)nnc1-c1cccnc1. The minimum Gasteiger partial charge on any atom is -0.492 e. The molecule has 1 saturated heterocycles. The normalized spacial score (nSPS) is 16.6. The summed E-state index contributed by atoms with van der Waals surface area (Å²) in [4.78, 5) is 4.23. The first kappa shape index (κ1) is 18.0. The number of para-hydroxylation sites is 2. The molecular weight excluding hydrogens is 360 g/mol. The lowest BCUT2D eigenvalue weighted by atomic mass is 10.2. The molecule has 1 aliphatic heterocycles. The summed E-state index contributed by atoms with van der Waals surface area (Å²) < 4.78 is 13.7. The highest BCUT2D eigenvalue weighted by Gasteiger charge is 2.22. The lowest BCUT2D eigenvalue weighted by molar-refractivity contribution is 0.129. The molecule has 0 N–H and O–H groups in total. The Kier molecular flexibility index (Phi) is 5.69. The van der Waals surface area contributed by atoms with Gasteiger partial charge in [-0.05, 0) is 44.0 Å². The van der Waals surface area contributed by atoms with Gasteiger partial charge in [0.2, 0.25) is 0 Å². The van der Waals surface area contributed by atoms with E-state index in [0.717, 1.165) is 53.2 Å². The lowest BCUT2D eigenvalue weighted by Gasteiger charge is -2.15. The van der Waals surface area contributed by atoms with E-state index in [1.165, 1.54) is 0 Å². The Bertz CT molecular complexity index is 879. The Morgan fingerprint density at radius 2 is 2.15 bits per heavy atom. The van der Waals surface area contributed by atoms with E-state index in [-0.39, 0.29) is 6.10 Å². The van der Waals surface area contributed by atoms with E-state index in [2.05, 4.69) is 19.7 Å². The number of hydrogen-bond acceptors (Lipinski definition) is 6. The Balaban J connectivity index is 1.75. The summed E-state index contributed by atoms with van der Waals surface area (Å²) in [6, 6.07) is 11.9. The van der Waals surface area contributed by atoms with Crippen LogP contribution in [-0.2, 0) is 4.74 Å². The van der Waals surface area contributed by atoms with Crippen molar-refractivity contribution in [2.45, 2.75) is 31.0 Å². The molecule has 1 fully saturated rings. The van der Waals surface area contributed by atoms with Gasteiger partial charge in [0.25, 0.3) is 0 Å². The predicted octanol–water partition coefficient (Wildman–Crippen LogP) is 4.00. The third-order valence-electron chi connectivity index (χ3n) is 4.38. The Morgan fingerprint density at radius 3 is 2.93 bits per heavy atom. The van der Waals surface area contributed by atoms with Gasteiger partial charge < -0.3 is 9.47 Å². The summed E-state index contributed by atoms with van der Waals surface area (Å²) >= 11 is 1.67. The molecule has 0 bridgehead atoms. The molecule has 0 aliphatic carbocycles. The number of aromatic nitrogens is 4. The number of hydrogen-bond donors (Lipinski definition) is 0. The average Bonchev–Trinajstić information content (AvgIpc) is 3.37. The van der Waals surface area contributed by atoms with Gasteiger partial charge >= 0.3 is 0 Å². The number of benzene rings is 1. The molecule has 4 rings (SSSR count). The molecule has 140 valence electrons. The first-order valence-corrected chi connectivity index (χ1v) is 10.2. The van der Waals surface area contributed by atoms with E-state index in [0.29, 0.717) is 6.61 Å². The first-order valence-electron chi connectivity index (χ1n) is 9.19. The van der Waals surface area contributed by atoms with Gasteiger partial charge in [-0.25, -0.2) is 0 Å². The van der Waals surface area contributed by atoms with Crippen molar-refractivity contribution in [3.05, 3.63) is 48.8 Å². The van der Waals surface area contributed by atoms with Gasteiger partial charge in [0.05, 0.1) is 18.4 Å². The molecule has 1 aliphatic rings. The Labute approximate surface area is 162 Å².